The van der Waals surface area contributed by atoms with Crippen molar-refractivity contribution < 1.29 is 17.0 Å². The Kier molecular flexibility index (Phi) is 4.80. The minimum absolute atomic E-state index is 0. The van der Waals surface area contributed by atoms with Gasteiger partial charge in [-0.2, -0.15) is 11.5 Å². The van der Waals surface area contributed by atoms with Crippen molar-refractivity contribution in [3.63, 3.8) is 0 Å². The molecule has 52 valence electrons. The molecule has 3 heteroatoms. The van der Waals surface area contributed by atoms with E-state index < -0.39 is 0 Å². The molecule has 1 aromatic carbocycles. The first-order valence-electron chi connectivity index (χ1n) is 2.93. The van der Waals surface area contributed by atoms with Crippen molar-refractivity contribution in [3.05, 3.63) is 36.5 Å². The van der Waals surface area contributed by atoms with Gasteiger partial charge in [0, 0.05) is 0 Å². The van der Waals surface area contributed by atoms with Crippen LogP contribution in [0.2, 0.25) is 0 Å². The molecular formula is C8H6BrMgN. The van der Waals surface area contributed by atoms with Gasteiger partial charge in [0.1, 0.15) is 0 Å². The third kappa shape index (κ3) is 2.22. The number of benzene rings is 1. The molecule has 0 aliphatic carbocycles. The molecule has 0 spiro atoms. The summed E-state index contributed by atoms with van der Waals surface area (Å²) in [6.07, 6.45) is 1.82. The maximum Gasteiger partial charge on any atom is 2.00 e. The molecule has 0 N–H and O–H groups in total. The minimum atomic E-state index is 0. The van der Waals surface area contributed by atoms with Crippen molar-refractivity contribution in [2.24, 2.45) is 0 Å². The number of hydrogen-bond acceptors (Lipinski definition) is 1. The number of fused-ring (bicyclic) bond motifs is 1. The molecule has 0 saturated carbocycles. The van der Waals surface area contributed by atoms with Crippen molar-refractivity contribution in [3.8, 4) is 0 Å². The SMILES string of the molecule is [Br-].[Mg+2].c1ccc2nc[cH-]c2c1. The molecule has 0 saturated heterocycles. The predicted octanol–water partition coefficient (Wildman–Crippen LogP) is -1.42. The second kappa shape index (κ2) is 4.80. The Morgan fingerprint density at radius 2 is 1.91 bits per heavy atom. The number of halogens is 1. The van der Waals surface area contributed by atoms with Gasteiger partial charge in [0.2, 0.25) is 0 Å². The molecule has 2 aromatic rings. The van der Waals surface area contributed by atoms with Crippen LogP contribution in [0, 0.1) is 0 Å². The Morgan fingerprint density at radius 3 is 2.64 bits per heavy atom. The smallest absolute Gasteiger partial charge is 1.00 e. The van der Waals surface area contributed by atoms with E-state index in [0.717, 1.165) is 5.52 Å². The Bertz CT molecular complexity index is 288. The van der Waals surface area contributed by atoms with Crippen molar-refractivity contribution >= 4 is 34.0 Å². The maximum absolute atomic E-state index is 4.12. The van der Waals surface area contributed by atoms with Gasteiger partial charge in [-0.15, -0.1) is 12.1 Å². The molecule has 0 aliphatic rings. The van der Waals surface area contributed by atoms with E-state index in [1.165, 1.54) is 5.39 Å². The second-order valence-corrected chi connectivity index (χ2v) is 2.00. The van der Waals surface area contributed by atoms with Crippen molar-refractivity contribution in [1.82, 2.24) is 4.98 Å². The summed E-state index contributed by atoms with van der Waals surface area (Å²) in [5, 5.41) is 1.22. The van der Waals surface area contributed by atoms with Gasteiger partial charge in [0.25, 0.3) is 0 Å². The van der Waals surface area contributed by atoms with Crippen LogP contribution in [0.5, 0.6) is 0 Å². The third-order valence-electron chi connectivity index (χ3n) is 1.40. The van der Waals surface area contributed by atoms with Crippen molar-refractivity contribution in [2.75, 3.05) is 0 Å². The van der Waals surface area contributed by atoms with Crippen LogP contribution < -0.4 is 17.0 Å². The van der Waals surface area contributed by atoms with E-state index in [-0.39, 0.29) is 40.0 Å². The third-order valence-corrected chi connectivity index (χ3v) is 1.40. The van der Waals surface area contributed by atoms with Crippen molar-refractivity contribution in [2.45, 2.75) is 0 Å². The van der Waals surface area contributed by atoms with Gasteiger partial charge < -0.3 is 22.0 Å². The van der Waals surface area contributed by atoms with Crippen LogP contribution in [0.3, 0.4) is 0 Å². The van der Waals surface area contributed by atoms with Crippen LogP contribution in [-0.2, 0) is 0 Å². The fourth-order valence-corrected chi connectivity index (χ4v) is 0.944. The van der Waals surface area contributed by atoms with E-state index in [2.05, 4.69) is 11.1 Å². The van der Waals surface area contributed by atoms with Gasteiger partial charge >= 0.3 is 23.1 Å². The summed E-state index contributed by atoms with van der Waals surface area (Å²) in [5.41, 5.74) is 1.08. The van der Waals surface area contributed by atoms with E-state index >= 15 is 0 Å². The van der Waals surface area contributed by atoms with E-state index in [1.807, 2.05) is 30.5 Å². The fourth-order valence-electron chi connectivity index (χ4n) is 0.944. The molecular weight excluding hydrogens is 214 g/mol. The Morgan fingerprint density at radius 1 is 1.18 bits per heavy atom. The monoisotopic (exact) mass is 219 g/mol. The molecule has 0 fully saturated rings. The minimum Gasteiger partial charge on any atom is -1.00 e. The van der Waals surface area contributed by atoms with E-state index in [0.29, 0.717) is 0 Å². The fraction of sp³-hybridized carbons (Fsp3) is 0. The Hall–Kier alpha value is 0.00623. The van der Waals surface area contributed by atoms with Crippen LogP contribution in [-0.4, -0.2) is 28.0 Å². The summed E-state index contributed by atoms with van der Waals surface area (Å²) in [6.45, 7) is 0. The van der Waals surface area contributed by atoms with Crippen LogP contribution in [0.15, 0.2) is 36.5 Å². The summed E-state index contributed by atoms with van der Waals surface area (Å²) in [7, 11) is 0. The molecule has 1 nitrogen and oxygen atoms in total. The molecule has 1 aromatic heterocycles. The summed E-state index contributed by atoms with van der Waals surface area (Å²) in [6, 6.07) is 10.1. The topological polar surface area (TPSA) is 12.9 Å². The Labute approximate surface area is 92.1 Å². The van der Waals surface area contributed by atoms with Crippen LogP contribution in [0.4, 0.5) is 0 Å². The molecule has 0 unspecified atom stereocenters. The zero-order valence-electron chi connectivity index (χ0n) is 6.00. The quantitative estimate of drug-likeness (QED) is 0.392. The molecule has 11 heavy (non-hydrogen) atoms. The first-order chi connectivity index (χ1) is 4.47. The van der Waals surface area contributed by atoms with Gasteiger partial charge in [0.15, 0.2) is 0 Å². The number of para-hydroxylation sites is 1. The number of rotatable bonds is 0. The molecule has 0 bridgehead atoms. The standard InChI is InChI=1S/C8H6N.BrH.Mg/c1-2-4-8-7(3-1)5-6-9-8;;/h1-6H;1H;/q-1;;+2/p-1. The summed E-state index contributed by atoms with van der Waals surface area (Å²) >= 11 is 0. The first kappa shape index (κ1) is 11.0. The van der Waals surface area contributed by atoms with Crippen LogP contribution in [0.25, 0.3) is 10.9 Å². The van der Waals surface area contributed by atoms with E-state index in [1.54, 1.807) is 0 Å². The maximum atomic E-state index is 4.12. The van der Waals surface area contributed by atoms with Gasteiger partial charge in [-0.1, -0.05) is 12.1 Å². The number of nitrogens with zero attached hydrogens (tertiary/aromatic N) is 1. The molecule has 0 radical (unpaired) electrons. The van der Waals surface area contributed by atoms with Crippen LogP contribution in [0.1, 0.15) is 0 Å². The summed E-state index contributed by atoms with van der Waals surface area (Å²) in [4.78, 5) is 4.12. The Balaban J connectivity index is 0.000000500. The second-order valence-electron chi connectivity index (χ2n) is 2.00. The molecule has 0 atom stereocenters. The van der Waals surface area contributed by atoms with Gasteiger partial charge in [-0.3, -0.25) is 0 Å². The predicted molar refractivity (Wildman–Crippen MR) is 43.1 cm³/mol. The van der Waals surface area contributed by atoms with Crippen LogP contribution >= 0.6 is 0 Å². The molecule has 1 heterocycles. The van der Waals surface area contributed by atoms with Gasteiger partial charge in [-0.05, 0) is 11.7 Å². The summed E-state index contributed by atoms with van der Waals surface area (Å²) in [5.74, 6) is 0. The first-order valence-corrected chi connectivity index (χ1v) is 2.93. The summed E-state index contributed by atoms with van der Waals surface area (Å²) < 4.78 is 0. The van der Waals surface area contributed by atoms with Gasteiger partial charge in [-0.25, -0.2) is 0 Å². The average molecular weight is 220 g/mol. The largest absolute Gasteiger partial charge is 2.00 e. The van der Waals surface area contributed by atoms with E-state index in [9.17, 15) is 0 Å². The number of hydrogen-bond donors (Lipinski definition) is 0. The van der Waals surface area contributed by atoms with E-state index in [4.69, 9.17) is 0 Å². The van der Waals surface area contributed by atoms with Crippen molar-refractivity contribution in [1.29, 1.82) is 0 Å². The number of aromatic nitrogens is 1. The average Bonchev–Trinajstić information content (AvgIpc) is 2.33. The zero-order valence-corrected chi connectivity index (χ0v) is 9.00. The molecule has 0 aliphatic heterocycles. The molecule has 0 amide bonds. The van der Waals surface area contributed by atoms with Gasteiger partial charge in [0.05, 0.1) is 0 Å². The zero-order chi connectivity index (χ0) is 6.10. The molecule has 2 rings (SSSR count). The normalized spacial score (nSPS) is 8.36.